The van der Waals surface area contributed by atoms with Gasteiger partial charge in [0.25, 0.3) is 0 Å². The van der Waals surface area contributed by atoms with Crippen LogP contribution in [0.15, 0.2) is 36.4 Å². The first-order chi connectivity index (χ1) is 29.5. The van der Waals surface area contributed by atoms with E-state index in [4.69, 9.17) is 14.2 Å². The number of piperidine rings is 2. The number of carbonyl (C=O) groups is 3. The number of benzene rings is 2. The molecule has 0 bridgehead atoms. The third kappa shape index (κ3) is 11.0. The number of carbonyl (C=O) groups excluding carboxylic acids is 1. The Kier molecular flexibility index (Phi) is 14.2. The molecule has 1 amide bonds. The van der Waals surface area contributed by atoms with Gasteiger partial charge >= 0.3 is 30.4 Å². The van der Waals surface area contributed by atoms with Crippen molar-refractivity contribution in [2.45, 2.75) is 151 Å². The number of nitrogens with zero attached hydrogens (tertiary/aromatic N) is 3. The Hall–Kier alpha value is -4.00. The van der Waals surface area contributed by atoms with E-state index in [1.807, 2.05) is 20.8 Å². The lowest BCUT2D eigenvalue weighted by Crippen LogP contribution is -2.53. The van der Waals surface area contributed by atoms with Gasteiger partial charge in [-0.2, -0.15) is 26.3 Å². The Labute approximate surface area is 375 Å². The number of carboxylic acid groups (broad SMARTS) is 2. The molecular formula is C45H59ClF6N4O8. The van der Waals surface area contributed by atoms with Crippen LogP contribution in [0.4, 0.5) is 31.1 Å². The standard InChI is InChI=1S/C25H33F3N2O5.C20H25F3N2O3.ClH/c1-22(2,3)35-21(33)29-13-10-23(11-14-29)7-4-12-30(23)16-17-5-6-18(25(26,27)28)15-19(17)34-24(8-9-24)20(31)32;21-20(22,23)15-3-2-14(16(12-15)28-19(5-6-19)17(26)27)13-25-11-1-4-18(25)7-9-24-10-8-18;/h5-6,15H,4,7-14,16H2,1-3H3,(H,31,32);2-3,12,24H,1,4-11,13H2,(H,26,27);1H. The van der Waals surface area contributed by atoms with Gasteiger partial charge in [0.15, 0.2) is 0 Å². The minimum absolute atomic E-state index is 0. The van der Waals surface area contributed by atoms with E-state index in [0.29, 0.717) is 50.1 Å². The predicted molar refractivity (Wildman–Crippen MR) is 224 cm³/mol. The second kappa shape index (κ2) is 18.4. The molecule has 0 aromatic heterocycles. The van der Waals surface area contributed by atoms with Gasteiger partial charge < -0.3 is 34.6 Å². The maximum absolute atomic E-state index is 13.4. The number of carboxylic acids is 2. The summed E-state index contributed by atoms with van der Waals surface area (Å²) in [4.78, 5) is 41.9. The van der Waals surface area contributed by atoms with E-state index < -0.39 is 52.2 Å². The summed E-state index contributed by atoms with van der Waals surface area (Å²) in [6.07, 6.45) is -0.671. The molecule has 64 heavy (non-hydrogen) atoms. The monoisotopic (exact) mass is 932 g/mol. The van der Waals surface area contributed by atoms with Crippen LogP contribution in [-0.2, 0) is 39.8 Å². The molecule has 0 atom stereocenters. The summed E-state index contributed by atoms with van der Waals surface area (Å²) in [7, 11) is 0. The molecule has 12 nitrogen and oxygen atoms in total. The normalized spacial score (nSPS) is 22.2. The molecule has 2 saturated carbocycles. The molecule has 2 aromatic carbocycles. The van der Waals surface area contributed by atoms with Crippen molar-refractivity contribution in [1.82, 2.24) is 20.0 Å². The molecule has 356 valence electrons. The van der Waals surface area contributed by atoms with Crippen LogP contribution < -0.4 is 14.8 Å². The Morgan fingerprint density at radius 3 is 1.39 bits per heavy atom. The number of nitrogens with one attached hydrogen (secondary N) is 1. The molecule has 2 spiro atoms. The second-order valence-electron chi connectivity index (χ2n) is 19.2. The molecule has 6 fully saturated rings. The lowest BCUT2D eigenvalue weighted by Gasteiger charge is -2.45. The van der Waals surface area contributed by atoms with E-state index in [1.54, 1.807) is 4.90 Å². The van der Waals surface area contributed by atoms with Gasteiger partial charge in [-0.1, -0.05) is 12.1 Å². The van der Waals surface area contributed by atoms with Crippen LogP contribution in [0.1, 0.15) is 120 Å². The van der Waals surface area contributed by atoms with Gasteiger partial charge in [-0.05, 0) is 123 Å². The average molecular weight is 933 g/mol. The van der Waals surface area contributed by atoms with Gasteiger partial charge in [-0.3, -0.25) is 9.80 Å². The van der Waals surface area contributed by atoms with Crippen molar-refractivity contribution >= 4 is 30.4 Å². The summed E-state index contributed by atoms with van der Waals surface area (Å²) < 4.78 is 96.7. The molecule has 4 heterocycles. The smallest absolute Gasteiger partial charge is 0.416 e. The van der Waals surface area contributed by atoms with Crippen LogP contribution in [0.25, 0.3) is 0 Å². The average Bonchev–Trinajstić information content (AvgIpc) is 4.11. The van der Waals surface area contributed by atoms with Gasteiger partial charge in [0.2, 0.25) is 11.2 Å². The molecule has 19 heteroatoms. The number of ether oxygens (including phenoxy) is 3. The van der Waals surface area contributed by atoms with E-state index in [9.17, 15) is 50.9 Å². The topological polar surface area (TPSA) is 141 Å². The van der Waals surface area contributed by atoms with Gasteiger partial charge in [-0.25, -0.2) is 14.4 Å². The summed E-state index contributed by atoms with van der Waals surface area (Å²) in [6.45, 7) is 11.0. The highest BCUT2D eigenvalue weighted by Crippen LogP contribution is 2.47. The molecule has 4 aliphatic heterocycles. The van der Waals surface area contributed by atoms with Crippen molar-refractivity contribution in [3.05, 3.63) is 58.7 Å². The quantitative estimate of drug-likeness (QED) is 0.197. The molecule has 8 rings (SSSR count). The van der Waals surface area contributed by atoms with Crippen LogP contribution in [0.5, 0.6) is 11.5 Å². The van der Waals surface area contributed by atoms with Crippen molar-refractivity contribution in [2.24, 2.45) is 0 Å². The Morgan fingerprint density at radius 2 is 1.03 bits per heavy atom. The molecule has 2 aromatic rings. The number of halogens is 7. The first-order valence-electron chi connectivity index (χ1n) is 21.9. The largest absolute Gasteiger partial charge is 0.478 e. The summed E-state index contributed by atoms with van der Waals surface area (Å²) in [5, 5.41) is 22.3. The predicted octanol–water partition coefficient (Wildman–Crippen LogP) is 8.91. The van der Waals surface area contributed by atoms with Crippen LogP contribution in [0, 0.1) is 0 Å². The summed E-state index contributed by atoms with van der Waals surface area (Å²) in [5.74, 6) is -2.25. The molecule has 0 radical (unpaired) electrons. The van der Waals surface area contributed by atoms with Gasteiger partial charge in [-0.15, -0.1) is 12.4 Å². The van der Waals surface area contributed by atoms with Crippen LogP contribution in [0.2, 0.25) is 0 Å². The van der Waals surface area contributed by atoms with Crippen molar-refractivity contribution in [2.75, 3.05) is 39.3 Å². The second-order valence-corrected chi connectivity index (χ2v) is 19.2. The number of amides is 1. The fourth-order valence-corrected chi connectivity index (χ4v) is 9.63. The fourth-order valence-electron chi connectivity index (χ4n) is 9.63. The zero-order valence-corrected chi connectivity index (χ0v) is 37.3. The van der Waals surface area contributed by atoms with E-state index in [1.165, 1.54) is 12.1 Å². The summed E-state index contributed by atoms with van der Waals surface area (Å²) in [5.41, 5.74) is -3.99. The first-order valence-corrected chi connectivity index (χ1v) is 21.9. The molecule has 2 aliphatic carbocycles. The Bertz CT molecular complexity index is 2020. The van der Waals surface area contributed by atoms with Gasteiger partial charge in [0.05, 0.1) is 11.1 Å². The van der Waals surface area contributed by atoms with Crippen LogP contribution in [-0.4, -0.2) is 110 Å². The van der Waals surface area contributed by atoms with E-state index in [2.05, 4.69) is 15.1 Å². The number of likely N-dealkylation sites (tertiary alicyclic amines) is 3. The number of hydrogen-bond donors (Lipinski definition) is 3. The third-order valence-corrected chi connectivity index (χ3v) is 13.7. The minimum Gasteiger partial charge on any atom is -0.478 e. The van der Waals surface area contributed by atoms with Crippen molar-refractivity contribution < 1.29 is 65.1 Å². The summed E-state index contributed by atoms with van der Waals surface area (Å²) in [6, 6.07) is 6.82. The molecule has 4 saturated heterocycles. The SMILES string of the molecule is CC(C)(C)OC(=O)N1CCC2(CCCN2Cc2ccc(C(F)(F)F)cc2OC2(C(=O)O)CC2)CC1.Cl.O=C(O)C1(Oc2cc(C(F)(F)F)ccc2CN2CCCC23CCNCC3)CC1. The van der Waals surface area contributed by atoms with E-state index in [-0.39, 0.29) is 53.9 Å². The van der Waals surface area contributed by atoms with Crippen LogP contribution in [0.3, 0.4) is 0 Å². The number of rotatable bonds is 10. The number of hydrogen-bond acceptors (Lipinski definition) is 9. The molecule has 6 aliphatic rings. The maximum atomic E-state index is 13.4. The van der Waals surface area contributed by atoms with Crippen molar-refractivity contribution in [3.63, 3.8) is 0 Å². The van der Waals surface area contributed by atoms with Crippen molar-refractivity contribution in [1.29, 1.82) is 0 Å². The Morgan fingerprint density at radius 1 is 0.625 bits per heavy atom. The third-order valence-electron chi connectivity index (χ3n) is 13.7. The number of aliphatic carboxylic acids is 2. The highest BCUT2D eigenvalue weighted by molar-refractivity contribution is 5.85. The lowest BCUT2D eigenvalue weighted by molar-refractivity contribution is -0.148. The first kappa shape index (κ1) is 49.4. The molecule has 3 N–H and O–H groups in total. The lowest BCUT2D eigenvalue weighted by atomic mass is 9.84. The van der Waals surface area contributed by atoms with Gasteiger partial charge in [0, 0.05) is 74.1 Å². The zero-order chi connectivity index (χ0) is 45.6. The van der Waals surface area contributed by atoms with Gasteiger partial charge in [0.1, 0.15) is 17.1 Å². The minimum atomic E-state index is -4.56. The molecule has 0 unspecified atom stereocenters. The molecular weight excluding hydrogens is 874 g/mol. The number of alkyl halides is 6. The highest BCUT2D eigenvalue weighted by atomic mass is 35.5. The highest BCUT2D eigenvalue weighted by Gasteiger charge is 2.55. The zero-order valence-electron chi connectivity index (χ0n) is 36.5. The maximum Gasteiger partial charge on any atom is 0.416 e. The summed E-state index contributed by atoms with van der Waals surface area (Å²) >= 11 is 0. The fraction of sp³-hybridized carbons (Fsp3) is 0.667. The van der Waals surface area contributed by atoms with E-state index >= 15 is 0 Å². The van der Waals surface area contributed by atoms with Crippen molar-refractivity contribution in [3.8, 4) is 11.5 Å². The Balaban J connectivity index is 0.000000214. The van der Waals surface area contributed by atoms with Crippen LogP contribution >= 0.6 is 12.4 Å². The van der Waals surface area contributed by atoms with E-state index in [0.717, 1.165) is 102 Å².